The van der Waals surface area contributed by atoms with Crippen molar-refractivity contribution in [2.75, 3.05) is 44.3 Å². The molecule has 0 aliphatic carbocycles. The fraction of sp³-hybridized carbons (Fsp3) is 0.524. The van der Waals surface area contributed by atoms with Gasteiger partial charge in [-0.25, -0.2) is 9.18 Å². The smallest absolute Gasteiger partial charge is 0.414 e. The highest BCUT2D eigenvalue weighted by Crippen LogP contribution is 2.24. The molecular weight excluding hydrogens is 379 g/mol. The Morgan fingerprint density at radius 2 is 2.14 bits per heavy atom. The Kier molecular flexibility index (Phi) is 7.07. The summed E-state index contributed by atoms with van der Waals surface area (Å²) in [5, 5.41) is 9.09. The minimum Gasteiger partial charge on any atom is -0.466 e. The summed E-state index contributed by atoms with van der Waals surface area (Å²) in [5.41, 5.74) is 0.622. The molecule has 2 saturated heterocycles. The molecule has 1 N–H and O–H groups in total. The Balaban J connectivity index is 1.54. The van der Waals surface area contributed by atoms with Crippen LogP contribution in [0.1, 0.15) is 25.3 Å². The number of aliphatic hydroxyl groups is 1. The number of carbonyl (C=O) groups excluding carboxylic acids is 2. The zero-order valence-corrected chi connectivity index (χ0v) is 16.4. The molecule has 0 aromatic heterocycles. The number of halogens is 1. The summed E-state index contributed by atoms with van der Waals surface area (Å²) < 4.78 is 24.4. The van der Waals surface area contributed by atoms with E-state index in [4.69, 9.17) is 14.6 Å². The standard InChI is InChI=1S/C21H25FN2O5/c1-2-28-20(26)16-7-10-23(11-8-16)9-3-4-15-5-6-17(12-19(15)22)24-13-18(14-25)29-21(24)27/h5-6,12,16,18,25H,2,7-11,13-14H2,1H3/t18-/m1/s1. The molecule has 0 spiro atoms. The SMILES string of the molecule is CCOC(=O)C1CCN(CC#Cc2ccc(N3C[C@H](CO)OC3=O)cc2F)CC1. The first kappa shape index (κ1) is 21.1. The number of ether oxygens (including phenoxy) is 2. The van der Waals surface area contributed by atoms with Crippen LogP contribution in [0.15, 0.2) is 18.2 Å². The van der Waals surface area contributed by atoms with E-state index in [9.17, 15) is 14.0 Å². The molecular formula is C21H25FN2O5. The molecule has 0 radical (unpaired) electrons. The maximum atomic E-state index is 14.4. The number of aliphatic hydroxyl groups excluding tert-OH is 1. The van der Waals surface area contributed by atoms with Crippen LogP contribution in [0.2, 0.25) is 0 Å². The number of piperidine rings is 1. The number of carbonyl (C=O) groups is 2. The maximum absolute atomic E-state index is 14.4. The van der Waals surface area contributed by atoms with Gasteiger partial charge in [0.2, 0.25) is 0 Å². The second kappa shape index (κ2) is 9.72. The number of esters is 1. The Bertz CT molecular complexity index is 811. The number of anilines is 1. The lowest BCUT2D eigenvalue weighted by molar-refractivity contribution is -0.149. The van der Waals surface area contributed by atoms with Gasteiger partial charge in [-0.3, -0.25) is 14.6 Å². The fourth-order valence-corrected chi connectivity index (χ4v) is 3.43. The summed E-state index contributed by atoms with van der Waals surface area (Å²) >= 11 is 0. The molecule has 1 aromatic rings. The molecule has 1 aromatic carbocycles. The maximum Gasteiger partial charge on any atom is 0.414 e. The van der Waals surface area contributed by atoms with Gasteiger partial charge in [0.05, 0.1) is 43.5 Å². The third-order valence-corrected chi connectivity index (χ3v) is 5.08. The van der Waals surface area contributed by atoms with E-state index >= 15 is 0 Å². The van der Waals surface area contributed by atoms with Crippen molar-refractivity contribution in [3.63, 3.8) is 0 Å². The number of likely N-dealkylation sites (tertiary alicyclic amines) is 1. The highest BCUT2D eigenvalue weighted by atomic mass is 19.1. The van der Waals surface area contributed by atoms with Crippen molar-refractivity contribution in [3.8, 4) is 11.8 Å². The second-order valence-corrected chi connectivity index (χ2v) is 7.07. The normalized spacial score (nSPS) is 20.2. The third kappa shape index (κ3) is 5.25. The summed E-state index contributed by atoms with van der Waals surface area (Å²) in [5.74, 6) is 5.11. The van der Waals surface area contributed by atoms with Gasteiger partial charge >= 0.3 is 12.1 Å². The fourth-order valence-electron chi connectivity index (χ4n) is 3.43. The number of cyclic esters (lactones) is 1. The summed E-state index contributed by atoms with van der Waals surface area (Å²) in [4.78, 5) is 27.0. The first-order valence-electron chi connectivity index (χ1n) is 9.78. The lowest BCUT2D eigenvalue weighted by Crippen LogP contribution is -2.37. The second-order valence-electron chi connectivity index (χ2n) is 7.07. The van der Waals surface area contributed by atoms with Gasteiger partial charge in [0.25, 0.3) is 0 Å². The van der Waals surface area contributed by atoms with Crippen LogP contribution in [0.4, 0.5) is 14.9 Å². The van der Waals surface area contributed by atoms with Crippen LogP contribution < -0.4 is 4.90 Å². The van der Waals surface area contributed by atoms with Crippen molar-refractivity contribution in [3.05, 3.63) is 29.6 Å². The molecule has 156 valence electrons. The minimum absolute atomic E-state index is 0.0492. The summed E-state index contributed by atoms with van der Waals surface area (Å²) in [6, 6.07) is 4.39. The third-order valence-electron chi connectivity index (χ3n) is 5.08. The number of amides is 1. The van der Waals surface area contributed by atoms with Crippen LogP contribution in [0, 0.1) is 23.6 Å². The van der Waals surface area contributed by atoms with Gasteiger partial charge in [-0.2, -0.15) is 0 Å². The van der Waals surface area contributed by atoms with E-state index in [0.717, 1.165) is 25.9 Å². The molecule has 0 bridgehead atoms. The van der Waals surface area contributed by atoms with Gasteiger partial charge in [-0.15, -0.1) is 0 Å². The molecule has 8 heteroatoms. The quantitative estimate of drug-likeness (QED) is 0.595. The molecule has 1 atom stereocenters. The topological polar surface area (TPSA) is 79.3 Å². The molecule has 29 heavy (non-hydrogen) atoms. The van der Waals surface area contributed by atoms with Crippen molar-refractivity contribution in [1.29, 1.82) is 0 Å². The highest BCUT2D eigenvalue weighted by Gasteiger charge is 2.32. The summed E-state index contributed by atoms with van der Waals surface area (Å²) in [6.45, 7) is 4.11. The van der Waals surface area contributed by atoms with Gasteiger partial charge in [0, 0.05) is 0 Å². The minimum atomic E-state index is -0.603. The van der Waals surface area contributed by atoms with E-state index in [-0.39, 0.29) is 30.6 Å². The van der Waals surface area contributed by atoms with Crippen molar-refractivity contribution in [2.24, 2.45) is 5.92 Å². The largest absolute Gasteiger partial charge is 0.466 e. The number of hydrogen-bond acceptors (Lipinski definition) is 6. The van der Waals surface area contributed by atoms with Crippen molar-refractivity contribution in [1.82, 2.24) is 4.90 Å². The molecule has 2 aliphatic rings. The monoisotopic (exact) mass is 404 g/mol. The highest BCUT2D eigenvalue weighted by molar-refractivity contribution is 5.89. The molecule has 3 rings (SSSR count). The molecule has 2 heterocycles. The molecule has 2 fully saturated rings. The number of hydrogen-bond donors (Lipinski definition) is 1. The van der Waals surface area contributed by atoms with Gasteiger partial charge in [-0.1, -0.05) is 11.8 Å². The van der Waals surface area contributed by atoms with E-state index in [0.29, 0.717) is 18.8 Å². The molecule has 2 aliphatic heterocycles. The van der Waals surface area contributed by atoms with E-state index in [2.05, 4.69) is 16.7 Å². The first-order valence-corrected chi connectivity index (χ1v) is 9.78. The number of rotatable bonds is 5. The molecule has 0 unspecified atom stereocenters. The van der Waals surface area contributed by atoms with Gasteiger partial charge in [0.1, 0.15) is 11.9 Å². The lowest BCUT2D eigenvalue weighted by atomic mass is 9.97. The van der Waals surface area contributed by atoms with E-state index < -0.39 is 18.0 Å². The Hall–Kier alpha value is -2.63. The van der Waals surface area contributed by atoms with Gasteiger partial charge in [0.15, 0.2) is 0 Å². The Labute approximate surface area is 169 Å². The Morgan fingerprint density at radius 3 is 2.76 bits per heavy atom. The van der Waals surface area contributed by atoms with Crippen LogP contribution in [0.3, 0.4) is 0 Å². The van der Waals surface area contributed by atoms with Crippen LogP contribution >= 0.6 is 0 Å². The molecule has 0 saturated carbocycles. The van der Waals surface area contributed by atoms with Crippen LogP contribution in [0.5, 0.6) is 0 Å². The zero-order chi connectivity index (χ0) is 20.8. The van der Waals surface area contributed by atoms with Crippen LogP contribution in [-0.2, 0) is 14.3 Å². The number of nitrogens with zero attached hydrogens (tertiary/aromatic N) is 2. The average Bonchev–Trinajstić information content (AvgIpc) is 3.10. The van der Waals surface area contributed by atoms with Crippen LogP contribution in [-0.4, -0.2) is 67.6 Å². The van der Waals surface area contributed by atoms with E-state index in [1.807, 2.05) is 0 Å². The van der Waals surface area contributed by atoms with Gasteiger partial charge < -0.3 is 14.6 Å². The zero-order valence-electron chi connectivity index (χ0n) is 16.4. The average molecular weight is 404 g/mol. The predicted octanol–water partition coefficient (Wildman–Crippen LogP) is 1.77. The summed E-state index contributed by atoms with van der Waals surface area (Å²) in [7, 11) is 0. The van der Waals surface area contributed by atoms with Crippen molar-refractivity contribution in [2.45, 2.75) is 25.9 Å². The van der Waals surface area contributed by atoms with Crippen molar-refractivity contribution >= 4 is 17.7 Å². The Morgan fingerprint density at radius 1 is 1.38 bits per heavy atom. The lowest BCUT2D eigenvalue weighted by Gasteiger charge is -2.29. The first-order chi connectivity index (χ1) is 14.0. The molecule has 1 amide bonds. The van der Waals surface area contributed by atoms with E-state index in [1.165, 1.54) is 17.0 Å². The van der Waals surface area contributed by atoms with E-state index in [1.54, 1.807) is 13.0 Å². The van der Waals surface area contributed by atoms with Gasteiger partial charge in [-0.05, 0) is 51.1 Å². The molecule has 7 nitrogen and oxygen atoms in total. The van der Waals surface area contributed by atoms with Crippen LogP contribution in [0.25, 0.3) is 0 Å². The predicted molar refractivity (Wildman–Crippen MR) is 104 cm³/mol. The number of benzene rings is 1. The van der Waals surface area contributed by atoms with Crippen molar-refractivity contribution < 1.29 is 28.6 Å². The summed E-state index contributed by atoms with van der Waals surface area (Å²) in [6.07, 6.45) is 0.279.